The van der Waals surface area contributed by atoms with E-state index in [1.54, 1.807) is 25.6 Å². The number of aryl methyl sites for hydroxylation is 1. The summed E-state index contributed by atoms with van der Waals surface area (Å²) in [4.78, 5) is 8.39. The van der Waals surface area contributed by atoms with Gasteiger partial charge in [0, 0.05) is 32.5 Å². The van der Waals surface area contributed by atoms with Gasteiger partial charge in [0.2, 0.25) is 0 Å². The fraction of sp³-hybridized carbons (Fsp3) is 0.238. The number of benzene rings is 2. The zero-order valence-corrected chi connectivity index (χ0v) is 18.4. The Morgan fingerprint density at radius 2 is 1.96 bits per heavy atom. The number of guanidine groups is 1. The highest BCUT2D eigenvalue weighted by Crippen LogP contribution is 2.14. The van der Waals surface area contributed by atoms with E-state index in [2.05, 4.69) is 32.7 Å². The average Bonchev–Trinajstić information content (AvgIpc) is 3.21. The fourth-order valence-corrected chi connectivity index (χ4v) is 2.97. The molecule has 0 aliphatic heterocycles. The third kappa shape index (κ3) is 5.79. The molecule has 2 N–H and O–H groups in total. The Hall–Kier alpha value is -2.42. The van der Waals surface area contributed by atoms with Gasteiger partial charge < -0.3 is 15.2 Å². The summed E-state index contributed by atoms with van der Waals surface area (Å²) in [5.41, 5.74) is 4.33. The summed E-state index contributed by atoms with van der Waals surface area (Å²) in [6, 6.07) is 13.1. The second-order valence-corrected chi connectivity index (χ2v) is 6.27. The molecule has 1 aromatic heterocycles. The number of nitrogens with zero attached hydrogens (tertiary/aromatic N) is 3. The lowest BCUT2D eigenvalue weighted by Gasteiger charge is -2.15. The van der Waals surface area contributed by atoms with Crippen molar-refractivity contribution in [2.24, 2.45) is 4.99 Å². The smallest absolute Gasteiger partial charge is 0.191 e. The van der Waals surface area contributed by atoms with E-state index < -0.39 is 0 Å². The molecule has 3 rings (SSSR count). The number of hydrogen-bond donors (Lipinski definition) is 2. The van der Waals surface area contributed by atoms with E-state index >= 15 is 0 Å². The van der Waals surface area contributed by atoms with Crippen molar-refractivity contribution in [1.82, 2.24) is 20.2 Å². The molecule has 0 saturated heterocycles. The molecule has 0 aliphatic rings. The molecule has 7 heteroatoms. The van der Waals surface area contributed by atoms with Crippen LogP contribution in [0.25, 0.3) is 5.69 Å². The first kappa shape index (κ1) is 21.9. The number of nitrogens with one attached hydrogen (secondary N) is 2. The topological polar surface area (TPSA) is 54.2 Å². The summed E-state index contributed by atoms with van der Waals surface area (Å²) in [7, 11) is 1.75. The van der Waals surface area contributed by atoms with E-state index in [1.807, 2.05) is 35.9 Å². The summed E-state index contributed by atoms with van der Waals surface area (Å²) < 4.78 is 15.2. The number of aromatic nitrogens is 2. The van der Waals surface area contributed by atoms with E-state index in [1.165, 1.54) is 6.07 Å². The maximum atomic E-state index is 13.2. The van der Waals surface area contributed by atoms with Crippen LogP contribution in [-0.2, 0) is 13.0 Å². The monoisotopic (exact) mass is 493 g/mol. The van der Waals surface area contributed by atoms with Crippen molar-refractivity contribution < 1.29 is 4.39 Å². The van der Waals surface area contributed by atoms with Crippen molar-refractivity contribution >= 4 is 29.9 Å². The minimum Gasteiger partial charge on any atom is -0.356 e. The first-order valence-corrected chi connectivity index (χ1v) is 8.93. The second-order valence-electron chi connectivity index (χ2n) is 6.27. The number of imidazole rings is 1. The first-order valence-electron chi connectivity index (χ1n) is 8.93. The van der Waals surface area contributed by atoms with Gasteiger partial charge in [0.05, 0.1) is 12.0 Å². The largest absolute Gasteiger partial charge is 0.356 e. The van der Waals surface area contributed by atoms with Crippen molar-refractivity contribution in [3.63, 3.8) is 0 Å². The van der Waals surface area contributed by atoms with E-state index in [4.69, 9.17) is 0 Å². The van der Waals surface area contributed by atoms with Crippen LogP contribution in [0.15, 0.2) is 66.2 Å². The molecular formula is C21H25FIN5. The van der Waals surface area contributed by atoms with Crippen molar-refractivity contribution in [2.45, 2.75) is 19.9 Å². The zero-order valence-electron chi connectivity index (χ0n) is 16.0. The van der Waals surface area contributed by atoms with Crippen LogP contribution in [0.3, 0.4) is 0 Å². The van der Waals surface area contributed by atoms with Crippen LogP contribution < -0.4 is 10.6 Å². The van der Waals surface area contributed by atoms with Gasteiger partial charge in [-0.05, 0) is 48.2 Å². The summed E-state index contributed by atoms with van der Waals surface area (Å²) in [5.74, 6) is 0.536. The molecule has 2 aromatic carbocycles. The maximum absolute atomic E-state index is 13.2. The van der Waals surface area contributed by atoms with Gasteiger partial charge in [0.1, 0.15) is 5.82 Å². The van der Waals surface area contributed by atoms with Crippen LogP contribution in [0.1, 0.15) is 16.7 Å². The summed E-state index contributed by atoms with van der Waals surface area (Å²) in [6.45, 7) is 3.29. The van der Waals surface area contributed by atoms with Crippen LogP contribution in [-0.4, -0.2) is 29.1 Å². The van der Waals surface area contributed by atoms with Crippen molar-refractivity contribution in [2.75, 3.05) is 13.6 Å². The third-order valence-corrected chi connectivity index (χ3v) is 4.44. The van der Waals surface area contributed by atoms with Crippen molar-refractivity contribution in [3.05, 3.63) is 83.7 Å². The maximum Gasteiger partial charge on any atom is 0.191 e. The van der Waals surface area contributed by atoms with Gasteiger partial charge in [-0.2, -0.15) is 0 Å². The molecule has 0 spiro atoms. The summed E-state index contributed by atoms with van der Waals surface area (Å²) in [5, 5.41) is 6.65. The number of halogens is 2. The highest BCUT2D eigenvalue weighted by Gasteiger charge is 2.05. The molecule has 0 bridgehead atoms. The van der Waals surface area contributed by atoms with E-state index in [0.717, 1.165) is 41.3 Å². The highest BCUT2D eigenvalue weighted by atomic mass is 127. The number of para-hydroxylation sites is 1. The van der Waals surface area contributed by atoms with Gasteiger partial charge in [-0.1, -0.05) is 24.3 Å². The molecule has 0 atom stereocenters. The molecule has 1 heterocycles. The molecule has 28 heavy (non-hydrogen) atoms. The Kier molecular flexibility index (Phi) is 8.43. The van der Waals surface area contributed by atoms with Crippen LogP contribution in [0, 0.1) is 12.7 Å². The van der Waals surface area contributed by atoms with Gasteiger partial charge in [-0.3, -0.25) is 4.99 Å². The minimum atomic E-state index is -0.196. The normalized spacial score (nSPS) is 11.0. The average molecular weight is 493 g/mol. The lowest BCUT2D eigenvalue weighted by Crippen LogP contribution is -2.38. The Labute approximate surface area is 182 Å². The van der Waals surface area contributed by atoms with Crippen LogP contribution >= 0.6 is 24.0 Å². The highest BCUT2D eigenvalue weighted by molar-refractivity contribution is 14.0. The molecule has 0 radical (unpaired) electrons. The molecule has 3 aromatic rings. The summed E-state index contributed by atoms with van der Waals surface area (Å²) >= 11 is 0. The Balaban J connectivity index is 0.00000280. The fourth-order valence-electron chi connectivity index (χ4n) is 2.97. The van der Waals surface area contributed by atoms with Crippen LogP contribution in [0.5, 0.6) is 0 Å². The predicted octanol–water partition coefficient (Wildman–Crippen LogP) is 3.85. The Morgan fingerprint density at radius 1 is 1.14 bits per heavy atom. The van der Waals surface area contributed by atoms with Gasteiger partial charge in [0.25, 0.3) is 0 Å². The van der Waals surface area contributed by atoms with Gasteiger partial charge in [0.15, 0.2) is 5.96 Å². The van der Waals surface area contributed by atoms with Gasteiger partial charge in [-0.25, -0.2) is 9.37 Å². The third-order valence-electron chi connectivity index (χ3n) is 4.44. The van der Waals surface area contributed by atoms with Crippen molar-refractivity contribution in [3.8, 4) is 5.69 Å². The molecule has 0 saturated carbocycles. The summed E-state index contributed by atoms with van der Waals surface area (Å²) in [6.07, 6.45) is 6.29. The predicted molar refractivity (Wildman–Crippen MR) is 122 cm³/mol. The lowest BCUT2D eigenvalue weighted by molar-refractivity contribution is 0.625. The Morgan fingerprint density at radius 3 is 2.68 bits per heavy atom. The molecular weight excluding hydrogens is 468 g/mol. The van der Waals surface area contributed by atoms with Gasteiger partial charge >= 0.3 is 0 Å². The first-order chi connectivity index (χ1) is 13.2. The zero-order chi connectivity index (χ0) is 19.1. The van der Waals surface area contributed by atoms with E-state index in [9.17, 15) is 4.39 Å². The van der Waals surface area contributed by atoms with Gasteiger partial charge in [-0.15, -0.1) is 24.0 Å². The molecule has 148 valence electrons. The second kappa shape index (κ2) is 10.8. The quantitative estimate of drug-likeness (QED) is 0.312. The van der Waals surface area contributed by atoms with Crippen LogP contribution in [0.2, 0.25) is 0 Å². The standard InChI is InChI=1S/C21H24FN5.HI/c1-16-13-19(22)8-7-17(16)9-10-25-21(23-2)26-14-18-5-3-4-6-20(18)27-12-11-24-15-27;/h3-8,11-13,15H,9-10,14H2,1-2H3,(H2,23,25,26);1H. The SMILES string of the molecule is CN=C(NCCc1ccc(F)cc1C)NCc1ccccc1-n1ccnc1.I. The molecule has 5 nitrogen and oxygen atoms in total. The van der Waals surface area contributed by atoms with Crippen molar-refractivity contribution in [1.29, 1.82) is 0 Å². The van der Waals surface area contributed by atoms with Crippen LogP contribution in [0.4, 0.5) is 4.39 Å². The van der Waals surface area contributed by atoms with E-state index in [0.29, 0.717) is 6.54 Å². The molecule has 0 unspecified atom stereocenters. The number of aliphatic imine (C=N–C) groups is 1. The number of hydrogen-bond acceptors (Lipinski definition) is 2. The molecule has 0 fully saturated rings. The molecule has 0 amide bonds. The Bertz CT molecular complexity index is 909. The molecule has 0 aliphatic carbocycles. The lowest BCUT2D eigenvalue weighted by atomic mass is 10.1. The van der Waals surface area contributed by atoms with E-state index in [-0.39, 0.29) is 29.8 Å². The number of rotatable bonds is 6. The minimum absolute atomic E-state index is 0.